The summed E-state index contributed by atoms with van der Waals surface area (Å²) in [7, 11) is 0. The van der Waals surface area contributed by atoms with Crippen LogP contribution in [-0.2, 0) is 4.79 Å². The predicted octanol–water partition coefficient (Wildman–Crippen LogP) is 3.20. The Morgan fingerprint density at radius 1 is 1.47 bits per heavy atom. The van der Waals surface area contributed by atoms with Crippen molar-refractivity contribution in [2.24, 2.45) is 0 Å². The van der Waals surface area contributed by atoms with Crippen LogP contribution >= 0.6 is 11.8 Å². The van der Waals surface area contributed by atoms with Crippen LogP contribution in [0, 0.1) is 0 Å². The standard InChI is InChI=1S/C12H14O2S/c1-3-11(9(2)12(13)14)15-10-7-5-4-6-8-10/h4-8,11H,2-3H2,1H3,(H,13,14). The van der Waals surface area contributed by atoms with Gasteiger partial charge in [0.05, 0.1) is 0 Å². The molecule has 0 heterocycles. The summed E-state index contributed by atoms with van der Waals surface area (Å²) in [4.78, 5) is 11.9. The first-order chi connectivity index (χ1) is 7.15. The molecule has 0 aromatic heterocycles. The molecule has 0 spiro atoms. The Labute approximate surface area is 94.0 Å². The molecule has 80 valence electrons. The third-order valence-corrected chi connectivity index (χ3v) is 3.50. The number of carboxylic acid groups (broad SMARTS) is 1. The number of hydrogen-bond acceptors (Lipinski definition) is 2. The lowest BCUT2D eigenvalue weighted by Gasteiger charge is -2.13. The van der Waals surface area contributed by atoms with Gasteiger partial charge in [-0.05, 0) is 18.6 Å². The van der Waals surface area contributed by atoms with Crippen molar-refractivity contribution < 1.29 is 9.90 Å². The summed E-state index contributed by atoms with van der Waals surface area (Å²) >= 11 is 1.54. The maximum atomic E-state index is 10.8. The summed E-state index contributed by atoms with van der Waals surface area (Å²) in [6, 6.07) is 9.78. The number of thioether (sulfide) groups is 1. The Morgan fingerprint density at radius 3 is 2.53 bits per heavy atom. The second kappa shape index (κ2) is 5.61. The minimum Gasteiger partial charge on any atom is -0.478 e. The van der Waals surface area contributed by atoms with Crippen molar-refractivity contribution in [3.05, 3.63) is 42.5 Å². The quantitative estimate of drug-likeness (QED) is 0.614. The zero-order chi connectivity index (χ0) is 11.3. The minimum atomic E-state index is -0.912. The summed E-state index contributed by atoms with van der Waals surface area (Å²) in [5.41, 5.74) is 0.270. The molecule has 0 aliphatic rings. The normalized spacial score (nSPS) is 12.1. The number of hydrogen-bond donors (Lipinski definition) is 1. The predicted molar refractivity (Wildman–Crippen MR) is 63.2 cm³/mol. The zero-order valence-electron chi connectivity index (χ0n) is 8.64. The van der Waals surface area contributed by atoms with Crippen molar-refractivity contribution >= 4 is 17.7 Å². The van der Waals surface area contributed by atoms with Gasteiger partial charge in [0.2, 0.25) is 0 Å². The smallest absolute Gasteiger partial charge is 0.332 e. The van der Waals surface area contributed by atoms with E-state index in [1.165, 1.54) is 0 Å². The molecular weight excluding hydrogens is 208 g/mol. The van der Waals surface area contributed by atoms with Crippen LogP contribution in [-0.4, -0.2) is 16.3 Å². The lowest BCUT2D eigenvalue weighted by Crippen LogP contribution is -2.12. The number of rotatable bonds is 5. The van der Waals surface area contributed by atoms with Crippen LogP contribution in [0.25, 0.3) is 0 Å². The molecule has 0 aliphatic carbocycles. The van der Waals surface area contributed by atoms with E-state index >= 15 is 0 Å². The maximum Gasteiger partial charge on any atom is 0.332 e. The monoisotopic (exact) mass is 222 g/mol. The summed E-state index contributed by atoms with van der Waals surface area (Å²) in [6.45, 7) is 5.57. The molecule has 0 saturated heterocycles. The van der Waals surface area contributed by atoms with E-state index in [1.807, 2.05) is 37.3 Å². The van der Waals surface area contributed by atoms with Gasteiger partial charge in [-0.3, -0.25) is 0 Å². The molecule has 1 aromatic carbocycles. The Balaban J connectivity index is 2.70. The molecular formula is C12H14O2S. The van der Waals surface area contributed by atoms with Crippen LogP contribution in [0.3, 0.4) is 0 Å². The van der Waals surface area contributed by atoms with Gasteiger partial charge in [-0.2, -0.15) is 0 Å². The van der Waals surface area contributed by atoms with Gasteiger partial charge in [0.25, 0.3) is 0 Å². The van der Waals surface area contributed by atoms with Crippen LogP contribution in [0.15, 0.2) is 47.4 Å². The van der Waals surface area contributed by atoms with E-state index in [9.17, 15) is 4.79 Å². The second-order valence-corrected chi connectivity index (χ2v) is 4.43. The van der Waals surface area contributed by atoms with E-state index in [-0.39, 0.29) is 10.8 Å². The Kier molecular flexibility index (Phi) is 4.43. The fraction of sp³-hybridized carbons (Fsp3) is 0.250. The molecule has 1 unspecified atom stereocenters. The maximum absolute atomic E-state index is 10.8. The third kappa shape index (κ3) is 3.44. The van der Waals surface area contributed by atoms with Crippen molar-refractivity contribution in [3.8, 4) is 0 Å². The van der Waals surface area contributed by atoms with E-state index < -0.39 is 5.97 Å². The SMILES string of the molecule is C=C(C(=O)O)C(CC)Sc1ccccc1. The van der Waals surface area contributed by atoms with Crippen molar-refractivity contribution in [2.75, 3.05) is 0 Å². The fourth-order valence-electron chi connectivity index (χ4n) is 1.20. The van der Waals surface area contributed by atoms with E-state index in [1.54, 1.807) is 11.8 Å². The van der Waals surface area contributed by atoms with Gasteiger partial charge in [0.15, 0.2) is 0 Å². The molecule has 0 fully saturated rings. The molecule has 1 N–H and O–H groups in total. The third-order valence-electron chi connectivity index (χ3n) is 2.06. The van der Waals surface area contributed by atoms with Crippen molar-refractivity contribution in [2.45, 2.75) is 23.5 Å². The molecule has 15 heavy (non-hydrogen) atoms. The number of carbonyl (C=O) groups is 1. The van der Waals surface area contributed by atoms with Gasteiger partial charge in [-0.15, -0.1) is 11.8 Å². The molecule has 1 rings (SSSR count). The highest BCUT2D eigenvalue weighted by Crippen LogP contribution is 2.29. The van der Waals surface area contributed by atoms with E-state index in [4.69, 9.17) is 5.11 Å². The van der Waals surface area contributed by atoms with Crippen LogP contribution in [0.5, 0.6) is 0 Å². The fourth-order valence-corrected chi connectivity index (χ4v) is 2.25. The van der Waals surface area contributed by atoms with E-state index in [2.05, 4.69) is 6.58 Å². The van der Waals surface area contributed by atoms with Crippen molar-refractivity contribution in [1.29, 1.82) is 0 Å². The topological polar surface area (TPSA) is 37.3 Å². The van der Waals surface area contributed by atoms with Gasteiger partial charge < -0.3 is 5.11 Å². The first-order valence-corrected chi connectivity index (χ1v) is 5.67. The molecule has 0 saturated carbocycles. The highest BCUT2D eigenvalue weighted by Gasteiger charge is 2.17. The highest BCUT2D eigenvalue weighted by atomic mass is 32.2. The Hall–Kier alpha value is -1.22. The molecule has 2 nitrogen and oxygen atoms in total. The number of carboxylic acids is 1. The highest BCUT2D eigenvalue weighted by molar-refractivity contribution is 8.00. The van der Waals surface area contributed by atoms with Gasteiger partial charge >= 0.3 is 5.97 Å². The van der Waals surface area contributed by atoms with Gasteiger partial charge in [-0.1, -0.05) is 31.7 Å². The first kappa shape index (κ1) is 11.9. The summed E-state index contributed by atoms with van der Waals surface area (Å²) in [5, 5.41) is 8.80. The van der Waals surface area contributed by atoms with Crippen LogP contribution in [0.2, 0.25) is 0 Å². The lowest BCUT2D eigenvalue weighted by molar-refractivity contribution is -0.132. The molecule has 1 aromatic rings. The minimum absolute atomic E-state index is 0.0510. The molecule has 1 atom stereocenters. The van der Waals surface area contributed by atoms with E-state index in [0.29, 0.717) is 0 Å². The van der Waals surface area contributed by atoms with Crippen LogP contribution in [0.1, 0.15) is 13.3 Å². The van der Waals surface area contributed by atoms with Gasteiger partial charge in [0, 0.05) is 15.7 Å². The lowest BCUT2D eigenvalue weighted by atomic mass is 10.2. The molecule has 0 aliphatic heterocycles. The average molecular weight is 222 g/mol. The average Bonchev–Trinajstić information content (AvgIpc) is 2.26. The Morgan fingerprint density at radius 2 is 2.07 bits per heavy atom. The van der Waals surface area contributed by atoms with E-state index in [0.717, 1.165) is 11.3 Å². The molecule has 3 heteroatoms. The summed E-state index contributed by atoms with van der Waals surface area (Å²) < 4.78 is 0. The molecule has 0 amide bonds. The largest absolute Gasteiger partial charge is 0.478 e. The summed E-state index contributed by atoms with van der Waals surface area (Å²) in [5.74, 6) is -0.912. The van der Waals surface area contributed by atoms with Crippen LogP contribution in [0.4, 0.5) is 0 Å². The van der Waals surface area contributed by atoms with Crippen LogP contribution < -0.4 is 0 Å². The Bertz CT molecular complexity index is 346. The molecule has 0 radical (unpaired) electrons. The van der Waals surface area contributed by atoms with Gasteiger partial charge in [-0.25, -0.2) is 4.79 Å². The summed E-state index contributed by atoms with van der Waals surface area (Å²) in [6.07, 6.45) is 0.769. The number of benzene rings is 1. The van der Waals surface area contributed by atoms with Crippen molar-refractivity contribution in [1.82, 2.24) is 0 Å². The second-order valence-electron chi connectivity index (χ2n) is 3.16. The first-order valence-electron chi connectivity index (χ1n) is 4.79. The molecule has 0 bridgehead atoms. The number of aliphatic carboxylic acids is 1. The zero-order valence-corrected chi connectivity index (χ0v) is 9.46. The van der Waals surface area contributed by atoms with Crippen molar-refractivity contribution in [3.63, 3.8) is 0 Å². The van der Waals surface area contributed by atoms with Gasteiger partial charge in [0.1, 0.15) is 0 Å².